The molecular formula is C21H23Cl2N3O3S. The molecule has 0 aliphatic carbocycles. The first-order chi connectivity index (χ1) is 14.1. The van der Waals surface area contributed by atoms with Gasteiger partial charge in [0.15, 0.2) is 0 Å². The molecule has 0 radical (unpaired) electrons. The molecule has 1 heterocycles. The molecule has 0 amide bonds. The van der Waals surface area contributed by atoms with E-state index >= 15 is 0 Å². The normalized spacial score (nSPS) is 12.7. The highest BCUT2D eigenvalue weighted by Gasteiger charge is 2.23. The van der Waals surface area contributed by atoms with Crippen molar-refractivity contribution in [1.82, 2.24) is 14.3 Å². The largest absolute Gasteiger partial charge is 0.426 e. The van der Waals surface area contributed by atoms with Crippen LogP contribution in [0.2, 0.25) is 10.0 Å². The Labute approximate surface area is 186 Å². The monoisotopic (exact) mass is 467 g/mol. The molecule has 1 aromatic heterocycles. The number of hydrogen-bond donors (Lipinski definition) is 1. The van der Waals surface area contributed by atoms with Gasteiger partial charge < -0.3 is 4.74 Å². The quantitative estimate of drug-likeness (QED) is 0.486. The van der Waals surface area contributed by atoms with Crippen LogP contribution in [0.5, 0.6) is 11.8 Å². The zero-order valence-electron chi connectivity index (χ0n) is 17.1. The van der Waals surface area contributed by atoms with E-state index in [4.69, 9.17) is 27.9 Å². The number of halogens is 2. The lowest BCUT2D eigenvalue weighted by Gasteiger charge is -2.17. The molecule has 1 unspecified atom stereocenters. The summed E-state index contributed by atoms with van der Waals surface area (Å²) in [6.45, 7) is 8.30. The molecule has 0 aliphatic heterocycles. The molecule has 6 nitrogen and oxygen atoms in total. The van der Waals surface area contributed by atoms with E-state index in [0.29, 0.717) is 29.0 Å². The van der Waals surface area contributed by atoms with Gasteiger partial charge in [0, 0.05) is 6.54 Å². The van der Waals surface area contributed by atoms with Crippen LogP contribution in [-0.2, 0) is 16.6 Å². The highest BCUT2D eigenvalue weighted by molar-refractivity contribution is 7.89. The smallest absolute Gasteiger partial charge is 0.302 e. The number of aryl methyl sites for hydroxylation is 2. The third kappa shape index (κ3) is 4.81. The minimum absolute atomic E-state index is 0.0397. The summed E-state index contributed by atoms with van der Waals surface area (Å²) in [5, 5.41) is 0.468. The lowest BCUT2D eigenvalue weighted by molar-refractivity contribution is 0.408. The molecule has 1 N–H and O–H groups in total. The topological polar surface area (TPSA) is 73.2 Å². The maximum absolute atomic E-state index is 12.8. The molecular weight excluding hydrogens is 445 g/mol. The second-order valence-corrected chi connectivity index (χ2v) is 9.51. The minimum Gasteiger partial charge on any atom is -0.426 e. The lowest BCUT2D eigenvalue weighted by atomic mass is 10.1. The summed E-state index contributed by atoms with van der Waals surface area (Å²) in [4.78, 5) is 4.39. The fourth-order valence-electron chi connectivity index (χ4n) is 3.00. The maximum Gasteiger partial charge on any atom is 0.302 e. The Hall–Kier alpha value is -2.06. The Balaban J connectivity index is 1.84. The number of sulfonamides is 1. The van der Waals surface area contributed by atoms with E-state index in [1.165, 1.54) is 23.8 Å². The van der Waals surface area contributed by atoms with Gasteiger partial charge in [-0.1, -0.05) is 29.3 Å². The van der Waals surface area contributed by atoms with E-state index in [0.717, 1.165) is 5.56 Å². The first-order valence-electron chi connectivity index (χ1n) is 9.40. The first-order valence-corrected chi connectivity index (χ1v) is 11.6. The number of nitrogens with zero attached hydrogens (tertiary/aromatic N) is 2. The number of nitrogens with one attached hydrogen (secondary N) is 1. The second kappa shape index (κ2) is 8.98. The average molecular weight is 468 g/mol. The van der Waals surface area contributed by atoms with E-state index in [2.05, 4.69) is 9.71 Å². The summed E-state index contributed by atoms with van der Waals surface area (Å²) < 4.78 is 36.0. The Kier molecular flexibility index (Phi) is 6.77. The van der Waals surface area contributed by atoms with Gasteiger partial charge in [0.1, 0.15) is 5.75 Å². The zero-order chi connectivity index (χ0) is 22.1. The maximum atomic E-state index is 12.8. The van der Waals surface area contributed by atoms with Crippen LogP contribution in [-0.4, -0.2) is 18.0 Å². The van der Waals surface area contributed by atoms with Crippen molar-refractivity contribution in [2.75, 3.05) is 0 Å². The first kappa shape index (κ1) is 22.6. The average Bonchev–Trinajstić information content (AvgIpc) is 3.09. The highest BCUT2D eigenvalue weighted by Crippen LogP contribution is 2.28. The van der Waals surface area contributed by atoms with Crippen LogP contribution in [0.1, 0.15) is 36.7 Å². The molecule has 0 aliphatic rings. The molecule has 1 atom stereocenters. The molecule has 30 heavy (non-hydrogen) atoms. The molecule has 0 fully saturated rings. The van der Waals surface area contributed by atoms with Gasteiger partial charge in [-0.15, -0.1) is 0 Å². The van der Waals surface area contributed by atoms with Crippen LogP contribution in [0.4, 0.5) is 0 Å². The molecule has 0 saturated carbocycles. The van der Waals surface area contributed by atoms with Crippen molar-refractivity contribution in [3.8, 4) is 11.8 Å². The van der Waals surface area contributed by atoms with Gasteiger partial charge >= 0.3 is 6.01 Å². The van der Waals surface area contributed by atoms with Crippen LogP contribution >= 0.6 is 23.2 Å². The second-order valence-electron chi connectivity index (χ2n) is 6.98. The molecule has 0 bridgehead atoms. The van der Waals surface area contributed by atoms with Crippen LogP contribution in [0.15, 0.2) is 47.5 Å². The van der Waals surface area contributed by atoms with Crippen molar-refractivity contribution in [3.63, 3.8) is 0 Å². The van der Waals surface area contributed by atoms with E-state index in [1.54, 1.807) is 13.1 Å². The third-order valence-electron chi connectivity index (χ3n) is 4.83. The summed E-state index contributed by atoms with van der Waals surface area (Å²) in [6, 6.07) is 9.85. The predicted molar refractivity (Wildman–Crippen MR) is 119 cm³/mol. The standard InChI is InChI=1S/C21H23Cl2N3O3S/c1-5-26-20(12-24-21(26)29-16-7-6-13(2)14(3)10-16)15(4)25-30(27,28)17-8-9-18(22)19(23)11-17/h6-12,15,25H,5H2,1-4H3. The van der Waals surface area contributed by atoms with Gasteiger partial charge in [-0.2, -0.15) is 0 Å². The van der Waals surface area contributed by atoms with Crippen LogP contribution in [0.25, 0.3) is 0 Å². The van der Waals surface area contributed by atoms with Crippen LogP contribution < -0.4 is 9.46 Å². The number of benzene rings is 2. The van der Waals surface area contributed by atoms with Crippen LogP contribution in [0.3, 0.4) is 0 Å². The van der Waals surface area contributed by atoms with Gasteiger partial charge in [0.2, 0.25) is 10.0 Å². The fourth-order valence-corrected chi connectivity index (χ4v) is 4.61. The fraction of sp³-hybridized carbons (Fsp3) is 0.286. The lowest BCUT2D eigenvalue weighted by Crippen LogP contribution is -2.28. The van der Waals surface area contributed by atoms with Gasteiger partial charge in [0.05, 0.1) is 32.9 Å². The Morgan fingerprint density at radius 1 is 1.10 bits per heavy atom. The molecule has 0 saturated heterocycles. The molecule has 3 aromatic rings. The minimum atomic E-state index is -3.81. The van der Waals surface area contributed by atoms with Crippen molar-refractivity contribution in [1.29, 1.82) is 0 Å². The number of ether oxygens (including phenoxy) is 1. The van der Waals surface area contributed by atoms with Gasteiger partial charge in [0.25, 0.3) is 0 Å². The number of aromatic nitrogens is 2. The molecule has 0 spiro atoms. The van der Waals surface area contributed by atoms with Crippen molar-refractivity contribution in [2.24, 2.45) is 0 Å². The molecule has 9 heteroatoms. The summed E-state index contributed by atoms with van der Waals surface area (Å²) in [5.41, 5.74) is 2.97. The van der Waals surface area contributed by atoms with E-state index < -0.39 is 16.1 Å². The third-order valence-corrected chi connectivity index (χ3v) is 7.11. The SMILES string of the molecule is CCn1c(C(C)NS(=O)(=O)c2ccc(Cl)c(Cl)c2)cnc1Oc1ccc(C)c(C)c1. The zero-order valence-corrected chi connectivity index (χ0v) is 19.4. The van der Waals surface area contributed by atoms with Gasteiger partial charge in [-0.3, -0.25) is 4.57 Å². The predicted octanol–water partition coefficient (Wildman–Crippen LogP) is 5.66. The van der Waals surface area contributed by atoms with Gasteiger partial charge in [-0.05, 0) is 69.2 Å². The molecule has 2 aromatic carbocycles. The Morgan fingerprint density at radius 3 is 2.47 bits per heavy atom. The van der Waals surface area contributed by atoms with E-state index in [9.17, 15) is 8.42 Å². The van der Waals surface area contributed by atoms with E-state index in [-0.39, 0.29) is 9.92 Å². The number of rotatable bonds is 7. The van der Waals surface area contributed by atoms with Crippen LogP contribution in [0, 0.1) is 13.8 Å². The van der Waals surface area contributed by atoms with Crippen molar-refractivity contribution in [3.05, 3.63) is 69.5 Å². The Morgan fingerprint density at radius 2 is 1.83 bits per heavy atom. The van der Waals surface area contributed by atoms with Crippen molar-refractivity contribution in [2.45, 2.75) is 45.2 Å². The number of hydrogen-bond acceptors (Lipinski definition) is 4. The van der Waals surface area contributed by atoms with E-state index in [1.807, 2.05) is 43.5 Å². The highest BCUT2D eigenvalue weighted by atomic mass is 35.5. The van der Waals surface area contributed by atoms with Crippen molar-refractivity contribution < 1.29 is 13.2 Å². The van der Waals surface area contributed by atoms with Gasteiger partial charge in [-0.25, -0.2) is 18.1 Å². The number of imidazole rings is 1. The summed E-state index contributed by atoms with van der Waals surface area (Å²) in [6.07, 6.45) is 1.61. The molecule has 160 valence electrons. The molecule has 3 rings (SSSR count). The summed E-state index contributed by atoms with van der Waals surface area (Å²) in [5.74, 6) is 0.675. The summed E-state index contributed by atoms with van der Waals surface area (Å²) >= 11 is 11.9. The van der Waals surface area contributed by atoms with Crippen molar-refractivity contribution >= 4 is 33.2 Å². The summed E-state index contributed by atoms with van der Waals surface area (Å²) in [7, 11) is -3.81. The Bertz CT molecular complexity index is 1180.